The summed E-state index contributed by atoms with van der Waals surface area (Å²) in [4.78, 5) is 40.2. The van der Waals surface area contributed by atoms with E-state index in [0.717, 1.165) is 46.4 Å². The van der Waals surface area contributed by atoms with Crippen LogP contribution in [0.4, 0.5) is 0 Å². The fourth-order valence-corrected chi connectivity index (χ4v) is 5.35. The first-order chi connectivity index (χ1) is 16.1. The van der Waals surface area contributed by atoms with E-state index in [0.29, 0.717) is 30.0 Å². The number of carbonyl (C=O) groups is 2. The molecule has 8 bridgehead atoms. The van der Waals surface area contributed by atoms with Crippen LogP contribution in [0.5, 0.6) is 0 Å². The molecule has 6 aliphatic rings. The van der Waals surface area contributed by atoms with Crippen molar-refractivity contribution in [3.8, 4) is 11.1 Å². The van der Waals surface area contributed by atoms with Crippen molar-refractivity contribution in [3.05, 3.63) is 58.7 Å². The second-order valence-electron chi connectivity index (χ2n) is 8.91. The molecule has 2 atom stereocenters. The molecule has 1 N–H and O–H groups in total. The molecule has 7 heteroatoms. The molecule has 33 heavy (non-hydrogen) atoms. The first-order valence-electron chi connectivity index (χ1n) is 11.4. The van der Waals surface area contributed by atoms with Gasteiger partial charge < -0.3 is 9.84 Å². The van der Waals surface area contributed by atoms with Gasteiger partial charge in [-0.15, -0.1) is 0 Å². The van der Waals surface area contributed by atoms with Gasteiger partial charge in [0, 0.05) is 59.9 Å². The number of rotatable bonds is 1. The van der Waals surface area contributed by atoms with Crippen LogP contribution in [-0.4, -0.2) is 53.3 Å². The normalized spacial score (nSPS) is 28.5. The maximum atomic E-state index is 13.3. The smallest absolute Gasteiger partial charge is 0.172 e. The van der Waals surface area contributed by atoms with Gasteiger partial charge in [0.1, 0.15) is 6.61 Å². The number of ketones is 2. The van der Waals surface area contributed by atoms with Crippen molar-refractivity contribution in [2.45, 2.75) is 25.7 Å². The molecule has 3 heterocycles. The highest BCUT2D eigenvalue weighted by Crippen LogP contribution is 2.41. The van der Waals surface area contributed by atoms with E-state index in [-0.39, 0.29) is 37.1 Å². The summed E-state index contributed by atoms with van der Waals surface area (Å²) in [5.41, 5.74) is 6.45. The summed E-state index contributed by atoms with van der Waals surface area (Å²) >= 11 is 0. The third-order valence-corrected chi connectivity index (χ3v) is 6.98. The van der Waals surface area contributed by atoms with Crippen molar-refractivity contribution in [1.29, 1.82) is 0 Å². The van der Waals surface area contributed by atoms with Crippen molar-refractivity contribution >= 4 is 29.1 Å². The van der Waals surface area contributed by atoms with E-state index in [2.05, 4.69) is 22.1 Å². The maximum absolute atomic E-state index is 13.3. The molecule has 0 fully saturated rings. The molecule has 2 unspecified atom stereocenters. The number of hydrogen-bond acceptors (Lipinski definition) is 7. The van der Waals surface area contributed by atoms with Gasteiger partial charge in [0.25, 0.3) is 0 Å². The summed E-state index contributed by atoms with van der Waals surface area (Å²) in [5, 5.41) is 10.1. The predicted octanol–water partition coefficient (Wildman–Crippen LogP) is 2.79. The number of Topliss-reactive ketones (excluding diaryl/α,β-unsaturated/α-hetero) is 2. The van der Waals surface area contributed by atoms with Crippen LogP contribution in [0.2, 0.25) is 0 Å². The number of aryl methyl sites for hydroxylation is 1. The fourth-order valence-electron chi connectivity index (χ4n) is 5.35. The highest BCUT2D eigenvalue weighted by atomic mass is 16.5. The second-order valence-corrected chi connectivity index (χ2v) is 8.91. The SMILES string of the molecule is O=C1CC(=O)C2/C=C3/CC/N=C4\c5cc6cncc-6c(cc5CCC4CO)C1=C2/N=C\CO3. The first-order valence-corrected chi connectivity index (χ1v) is 11.4. The molecule has 0 spiro atoms. The van der Waals surface area contributed by atoms with Crippen LogP contribution in [0.25, 0.3) is 16.7 Å². The average molecular weight is 441 g/mol. The van der Waals surface area contributed by atoms with Gasteiger partial charge in [-0.05, 0) is 47.7 Å². The van der Waals surface area contributed by atoms with Crippen LogP contribution >= 0.6 is 0 Å². The van der Waals surface area contributed by atoms with Crippen LogP contribution in [0, 0.1) is 11.8 Å². The Morgan fingerprint density at radius 3 is 2.88 bits per heavy atom. The molecule has 166 valence electrons. The standard InChI is InChI=1S/C26H23N3O4/c30-13-15-2-1-14-7-19-21-12-27-11-16(21)8-18(14)25(15)28-4-3-17-9-20-22(31)10-23(32)24(19)26(20)29-5-6-33-17/h5,7-9,11-12,15,20,30H,1-4,6,10,13H2/b17-9-,28-25-,29-5-. The Labute approximate surface area is 191 Å². The lowest BCUT2D eigenvalue weighted by Gasteiger charge is -2.25. The van der Waals surface area contributed by atoms with Gasteiger partial charge in [0.15, 0.2) is 11.6 Å². The number of aliphatic imine (C=N–C) groups is 2. The molecule has 0 radical (unpaired) electrons. The van der Waals surface area contributed by atoms with Crippen molar-refractivity contribution in [1.82, 2.24) is 4.98 Å². The van der Waals surface area contributed by atoms with Gasteiger partial charge >= 0.3 is 0 Å². The minimum absolute atomic E-state index is 0.0313. The van der Waals surface area contributed by atoms with Gasteiger partial charge in [-0.1, -0.05) is 0 Å². The minimum Gasteiger partial charge on any atom is -0.493 e. The highest BCUT2D eigenvalue weighted by Gasteiger charge is 2.37. The summed E-state index contributed by atoms with van der Waals surface area (Å²) < 4.78 is 5.86. The van der Waals surface area contributed by atoms with Gasteiger partial charge in [-0.3, -0.25) is 24.6 Å². The number of ether oxygens (including phenoxy) is 1. The number of hydrogen-bond donors (Lipinski definition) is 1. The van der Waals surface area contributed by atoms with Crippen LogP contribution in [-0.2, 0) is 20.7 Å². The average Bonchev–Trinajstić information content (AvgIpc) is 3.18. The molecule has 0 saturated carbocycles. The zero-order valence-corrected chi connectivity index (χ0v) is 18.1. The molecule has 3 aliphatic heterocycles. The maximum Gasteiger partial charge on any atom is 0.172 e. The monoisotopic (exact) mass is 441 g/mol. The summed E-state index contributed by atoms with van der Waals surface area (Å²) in [7, 11) is 0. The minimum atomic E-state index is -0.629. The Hall–Kier alpha value is -3.45. The lowest BCUT2D eigenvalue weighted by atomic mass is 9.80. The molecule has 7 nitrogen and oxygen atoms in total. The van der Waals surface area contributed by atoms with Crippen molar-refractivity contribution in [2.75, 3.05) is 19.8 Å². The van der Waals surface area contributed by atoms with E-state index < -0.39 is 5.92 Å². The van der Waals surface area contributed by atoms with Gasteiger partial charge in [0.2, 0.25) is 0 Å². The van der Waals surface area contributed by atoms with Crippen LogP contribution in [0.15, 0.2) is 52.0 Å². The second kappa shape index (κ2) is 7.85. The molecule has 3 aliphatic carbocycles. The Bertz CT molecular complexity index is 1290. The zero-order chi connectivity index (χ0) is 22.5. The predicted molar refractivity (Wildman–Crippen MR) is 123 cm³/mol. The zero-order valence-electron chi connectivity index (χ0n) is 18.1. The molecule has 0 aromatic heterocycles. The molecule has 0 amide bonds. The number of aromatic nitrogens is 1. The van der Waals surface area contributed by atoms with E-state index in [1.54, 1.807) is 18.6 Å². The van der Waals surface area contributed by atoms with Crippen molar-refractivity contribution < 1.29 is 19.4 Å². The van der Waals surface area contributed by atoms with E-state index in [9.17, 15) is 14.7 Å². The molecule has 0 aromatic rings. The van der Waals surface area contributed by atoms with Crippen LogP contribution in [0.1, 0.15) is 36.0 Å². The highest BCUT2D eigenvalue weighted by molar-refractivity contribution is 6.31. The number of aliphatic hydroxyl groups excluding tert-OH is 1. The number of fused-ring (bicyclic) bond motifs is 4. The Morgan fingerprint density at radius 1 is 1.09 bits per heavy atom. The Balaban J connectivity index is 1.73. The largest absolute Gasteiger partial charge is 0.493 e. The molecular weight excluding hydrogens is 418 g/mol. The van der Waals surface area contributed by atoms with Crippen LogP contribution in [0.3, 0.4) is 0 Å². The molecular formula is C26H23N3O4. The molecule has 0 aromatic carbocycles. The van der Waals surface area contributed by atoms with Gasteiger partial charge in [-0.25, -0.2) is 0 Å². The van der Waals surface area contributed by atoms with E-state index in [4.69, 9.17) is 9.73 Å². The fraction of sp³-hybridized carbons (Fsp3) is 0.346. The van der Waals surface area contributed by atoms with Gasteiger partial charge in [-0.2, -0.15) is 0 Å². The van der Waals surface area contributed by atoms with E-state index in [1.807, 2.05) is 6.08 Å². The van der Waals surface area contributed by atoms with E-state index >= 15 is 0 Å². The summed E-state index contributed by atoms with van der Waals surface area (Å²) in [6, 6.07) is 4.13. The number of carbonyl (C=O) groups excluding carboxylic acids is 2. The number of aliphatic hydroxyl groups is 1. The molecule has 6 rings (SSSR count). The third kappa shape index (κ3) is 3.26. The third-order valence-electron chi connectivity index (χ3n) is 6.98. The number of nitrogens with zero attached hydrogens (tertiary/aromatic N) is 3. The first kappa shape index (κ1) is 20.2. The summed E-state index contributed by atoms with van der Waals surface area (Å²) in [5.74, 6) is -0.374. The Morgan fingerprint density at radius 2 is 2.00 bits per heavy atom. The van der Waals surface area contributed by atoms with Gasteiger partial charge in [0.05, 0.1) is 30.4 Å². The quantitative estimate of drug-likeness (QED) is 0.686. The topological polar surface area (TPSA) is 101 Å². The number of allylic oxidation sites excluding steroid dienone is 2. The van der Waals surface area contributed by atoms with Crippen LogP contribution < -0.4 is 0 Å². The van der Waals surface area contributed by atoms with Crippen molar-refractivity contribution in [2.24, 2.45) is 21.8 Å². The Kier molecular flexibility index (Phi) is 4.80. The molecule has 0 saturated heterocycles. The summed E-state index contributed by atoms with van der Waals surface area (Å²) in [6.07, 6.45) is 8.93. The van der Waals surface area contributed by atoms with Crippen molar-refractivity contribution in [3.63, 3.8) is 0 Å². The lowest BCUT2D eigenvalue weighted by molar-refractivity contribution is -0.126. The lowest BCUT2D eigenvalue weighted by Crippen LogP contribution is -2.28. The summed E-state index contributed by atoms with van der Waals surface area (Å²) in [6.45, 7) is 0.774. The van der Waals surface area contributed by atoms with E-state index in [1.165, 1.54) is 0 Å².